The Morgan fingerprint density at radius 1 is 1.09 bits per heavy atom. The molecular formula is C26H25N3O3. The van der Waals surface area contributed by atoms with Crippen molar-refractivity contribution in [2.24, 2.45) is 0 Å². The van der Waals surface area contributed by atoms with Crippen molar-refractivity contribution in [1.82, 2.24) is 14.9 Å². The van der Waals surface area contributed by atoms with Crippen molar-refractivity contribution in [1.29, 1.82) is 0 Å². The zero-order chi connectivity index (χ0) is 22.2. The van der Waals surface area contributed by atoms with Crippen LogP contribution in [0.25, 0.3) is 27.7 Å². The lowest BCUT2D eigenvalue weighted by Gasteiger charge is -2.23. The molecule has 0 radical (unpaired) electrons. The normalized spacial score (nSPS) is 16.4. The van der Waals surface area contributed by atoms with Crippen molar-refractivity contribution >= 4 is 28.5 Å². The predicted molar refractivity (Wildman–Crippen MR) is 124 cm³/mol. The first kappa shape index (κ1) is 20.2. The van der Waals surface area contributed by atoms with Gasteiger partial charge in [0, 0.05) is 19.5 Å². The first-order valence-corrected chi connectivity index (χ1v) is 11.0. The number of nitrogens with zero attached hydrogens (tertiary/aromatic N) is 2. The van der Waals surface area contributed by atoms with Crippen LogP contribution in [0.15, 0.2) is 54.1 Å². The summed E-state index contributed by atoms with van der Waals surface area (Å²) in [6, 6.07) is 11.8. The highest BCUT2D eigenvalue weighted by Crippen LogP contribution is 2.32. The number of aromatic carboxylic acids is 1. The molecule has 1 aromatic heterocycles. The van der Waals surface area contributed by atoms with E-state index in [-0.39, 0.29) is 11.5 Å². The minimum atomic E-state index is -0.987. The third-order valence-electron chi connectivity index (χ3n) is 6.25. The number of carboxylic acid groups (broad SMARTS) is 1. The van der Waals surface area contributed by atoms with Crippen molar-refractivity contribution in [3.05, 3.63) is 71.1 Å². The van der Waals surface area contributed by atoms with Crippen molar-refractivity contribution in [3.63, 3.8) is 0 Å². The largest absolute Gasteiger partial charge is 0.478 e. The van der Waals surface area contributed by atoms with E-state index in [2.05, 4.69) is 34.3 Å². The Hall–Kier alpha value is -3.67. The zero-order valence-corrected chi connectivity index (χ0v) is 18.0. The Morgan fingerprint density at radius 2 is 1.84 bits per heavy atom. The van der Waals surface area contributed by atoms with Gasteiger partial charge in [0.05, 0.1) is 11.1 Å². The second-order valence-electron chi connectivity index (χ2n) is 8.47. The summed E-state index contributed by atoms with van der Waals surface area (Å²) in [5.41, 5.74) is 6.69. The van der Waals surface area contributed by atoms with E-state index in [0.29, 0.717) is 24.3 Å². The smallest absolute Gasteiger partial charge is 0.337 e. The maximum absolute atomic E-state index is 12.1. The number of hydrogen-bond acceptors (Lipinski definition) is 3. The fourth-order valence-corrected chi connectivity index (χ4v) is 4.67. The van der Waals surface area contributed by atoms with Gasteiger partial charge < -0.3 is 15.0 Å². The second-order valence-corrected chi connectivity index (χ2v) is 8.47. The number of nitrogens with one attached hydrogen (secondary N) is 1. The first-order chi connectivity index (χ1) is 15.5. The maximum atomic E-state index is 12.1. The van der Waals surface area contributed by atoms with Crippen LogP contribution < -0.4 is 0 Å². The van der Waals surface area contributed by atoms with Gasteiger partial charge in [-0.05, 0) is 66.2 Å². The molecule has 5 rings (SSSR count). The Kier molecular flexibility index (Phi) is 5.13. The fourth-order valence-electron chi connectivity index (χ4n) is 4.67. The number of carbonyl (C=O) groups is 2. The molecule has 1 amide bonds. The summed E-state index contributed by atoms with van der Waals surface area (Å²) < 4.78 is 0. The van der Waals surface area contributed by atoms with Gasteiger partial charge in [-0.3, -0.25) is 4.79 Å². The monoisotopic (exact) mass is 427 g/mol. The second kappa shape index (κ2) is 8.11. The number of rotatable bonds is 5. The van der Waals surface area contributed by atoms with E-state index in [1.807, 2.05) is 30.0 Å². The minimum absolute atomic E-state index is 0.196. The van der Waals surface area contributed by atoms with Gasteiger partial charge in [-0.2, -0.15) is 0 Å². The average molecular weight is 428 g/mol. The molecule has 3 aromatic rings. The van der Waals surface area contributed by atoms with E-state index in [4.69, 9.17) is 0 Å². The predicted octanol–water partition coefficient (Wildman–Crippen LogP) is 4.96. The molecule has 2 N–H and O–H groups in total. The Labute approximate surface area is 186 Å². The van der Waals surface area contributed by atoms with E-state index in [1.165, 1.54) is 11.1 Å². The molecule has 1 aliphatic carbocycles. The van der Waals surface area contributed by atoms with Gasteiger partial charge >= 0.3 is 5.97 Å². The molecule has 2 aliphatic rings. The summed E-state index contributed by atoms with van der Waals surface area (Å²) in [5, 5.41) is 9.65. The van der Waals surface area contributed by atoms with Crippen LogP contribution in [-0.4, -0.2) is 44.9 Å². The summed E-state index contributed by atoms with van der Waals surface area (Å²) in [5.74, 6) is -0.0570. The summed E-state index contributed by atoms with van der Waals surface area (Å²) in [6.07, 6.45) is 8.10. The Morgan fingerprint density at radius 3 is 2.56 bits per heavy atom. The third kappa shape index (κ3) is 3.73. The number of carbonyl (C=O) groups excluding carboxylic acids is 1. The standard InChI is InChI=1S/C26H25N3O3/c1-16-27-23-14-20(13-22(26(31)32)25(23)28-16)17-8-10-18(11-9-17)21-6-3-2-5-19(21)15-29-12-4-7-24(29)30/h5-6,8-11,13-14H,2-4,7,12,15H2,1H3,(H,27,28)(H,31,32). The first-order valence-electron chi connectivity index (χ1n) is 11.0. The molecule has 0 unspecified atom stereocenters. The van der Waals surface area contributed by atoms with Gasteiger partial charge in [0.2, 0.25) is 5.91 Å². The molecule has 0 spiro atoms. The SMILES string of the molecule is Cc1nc2c(C(=O)O)cc(-c3ccc(C4=CCCC=C4CN4CCCC4=O)cc3)cc2[nH]1. The molecule has 6 heteroatoms. The van der Waals surface area contributed by atoms with Crippen LogP contribution in [-0.2, 0) is 4.79 Å². The molecule has 1 aliphatic heterocycles. The lowest BCUT2D eigenvalue weighted by Crippen LogP contribution is -2.27. The van der Waals surface area contributed by atoms with E-state index >= 15 is 0 Å². The highest BCUT2D eigenvalue weighted by molar-refractivity contribution is 6.03. The molecule has 32 heavy (non-hydrogen) atoms. The van der Waals surface area contributed by atoms with Gasteiger partial charge in [0.1, 0.15) is 11.3 Å². The molecule has 162 valence electrons. The summed E-state index contributed by atoms with van der Waals surface area (Å²) in [6.45, 7) is 3.33. The van der Waals surface area contributed by atoms with Crippen LogP contribution in [0.5, 0.6) is 0 Å². The number of aromatic nitrogens is 2. The van der Waals surface area contributed by atoms with Crippen LogP contribution in [0, 0.1) is 6.92 Å². The summed E-state index contributed by atoms with van der Waals surface area (Å²) >= 11 is 0. The molecule has 0 atom stereocenters. The topological polar surface area (TPSA) is 86.3 Å². The van der Waals surface area contributed by atoms with Crippen LogP contribution >= 0.6 is 0 Å². The minimum Gasteiger partial charge on any atom is -0.478 e. The highest BCUT2D eigenvalue weighted by Gasteiger charge is 2.23. The van der Waals surface area contributed by atoms with Gasteiger partial charge in [0.25, 0.3) is 0 Å². The molecule has 1 saturated heterocycles. The fraction of sp³-hybridized carbons (Fsp3) is 0.269. The number of carboxylic acids is 1. The van der Waals surface area contributed by atoms with Crippen LogP contribution in [0.4, 0.5) is 0 Å². The Balaban J connectivity index is 1.45. The molecule has 2 aromatic carbocycles. The number of likely N-dealkylation sites (tertiary alicyclic amines) is 1. The number of H-pyrrole nitrogens is 1. The molecule has 0 saturated carbocycles. The summed E-state index contributed by atoms with van der Waals surface area (Å²) in [4.78, 5) is 33.3. The van der Waals surface area contributed by atoms with Crippen LogP contribution in [0.3, 0.4) is 0 Å². The van der Waals surface area contributed by atoms with Crippen molar-refractivity contribution < 1.29 is 14.7 Å². The van der Waals surface area contributed by atoms with Gasteiger partial charge in [0.15, 0.2) is 0 Å². The zero-order valence-electron chi connectivity index (χ0n) is 18.0. The number of amides is 1. The van der Waals surface area contributed by atoms with E-state index < -0.39 is 5.97 Å². The number of aryl methyl sites for hydroxylation is 1. The van der Waals surface area contributed by atoms with Gasteiger partial charge in [-0.1, -0.05) is 36.4 Å². The van der Waals surface area contributed by atoms with Crippen LogP contribution in [0.2, 0.25) is 0 Å². The van der Waals surface area contributed by atoms with E-state index in [1.54, 1.807) is 6.07 Å². The lowest BCUT2D eigenvalue weighted by atomic mass is 9.90. The van der Waals surface area contributed by atoms with Crippen molar-refractivity contribution in [3.8, 4) is 11.1 Å². The molecule has 0 bridgehead atoms. The number of allylic oxidation sites excluding steroid dienone is 2. The average Bonchev–Trinajstić information content (AvgIpc) is 3.37. The number of benzene rings is 2. The maximum Gasteiger partial charge on any atom is 0.337 e. The van der Waals surface area contributed by atoms with Gasteiger partial charge in [-0.15, -0.1) is 0 Å². The quantitative estimate of drug-likeness (QED) is 0.602. The van der Waals surface area contributed by atoms with Crippen molar-refractivity contribution in [2.45, 2.75) is 32.6 Å². The summed E-state index contributed by atoms with van der Waals surface area (Å²) in [7, 11) is 0. The molecule has 6 nitrogen and oxygen atoms in total. The molecule has 2 heterocycles. The number of imidazole rings is 1. The Bertz CT molecular complexity index is 1280. The van der Waals surface area contributed by atoms with Crippen molar-refractivity contribution in [2.75, 3.05) is 13.1 Å². The van der Waals surface area contributed by atoms with E-state index in [9.17, 15) is 14.7 Å². The number of fused-ring (bicyclic) bond motifs is 1. The highest BCUT2D eigenvalue weighted by atomic mass is 16.4. The van der Waals surface area contributed by atoms with Crippen LogP contribution in [0.1, 0.15) is 47.4 Å². The molecular weight excluding hydrogens is 402 g/mol. The molecule has 1 fully saturated rings. The number of aromatic amines is 1. The lowest BCUT2D eigenvalue weighted by molar-refractivity contribution is -0.127. The number of hydrogen-bond donors (Lipinski definition) is 2. The third-order valence-corrected chi connectivity index (χ3v) is 6.25. The van der Waals surface area contributed by atoms with E-state index in [0.717, 1.165) is 48.0 Å². The van der Waals surface area contributed by atoms with Gasteiger partial charge in [-0.25, -0.2) is 9.78 Å².